The first-order valence-corrected chi connectivity index (χ1v) is 12.4. The smallest absolute Gasteiger partial charge is 0.227 e. The van der Waals surface area contributed by atoms with Crippen molar-refractivity contribution in [3.63, 3.8) is 0 Å². The van der Waals surface area contributed by atoms with Gasteiger partial charge in [-0.2, -0.15) is 5.10 Å². The fourth-order valence-corrected chi connectivity index (χ4v) is 4.07. The van der Waals surface area contributed by atoms with Crippen LogP contribution in [0.4, 0.5) is 0 Å². The largest absolute Gasteiger partial charge is 0.497 e. The molecule has 7 heteroatoms. The molecular formula is C28H37N3O4. The summed E-state index contributed by atoms with van der Waals surface area (Å²) < 4.78 is 19.3. The van der Waals surface area contributed by atoms with Gasteiger partial charge in [-0.15, -0.1) is 0 Å². The molecule has 0 radical (unpaired) electrons. The molecule has 1 saturated carbocycles. The van der Waals surface area contributed by atoms with Gasteiger partial charge < -0.3 is 19.3 Å². The summed E-state index contributed by atoms with van der Waals surface area (Å²) in [6.45, 7) is 8.44. The lowest BCUT2D eigenvalue weighted by Gasteiger charge is -2.26. The SMILES string of the molecule is COc1ccc(Oc2c(CN(CC(O)COC(C)C)CC3CC3)c(C)nn2-c2ccccc2)cc1. The molecule has 0 spiro atoms. The average Bonchev–Trinajstić information content (AvgIpc) is 3.63. The zero-order valence-corrected chi connectivity index (χ0v) is 21.2. The predicted octanol–water partition coefficient (Wildman–Crippen LogP) is 4.98. The van der Waals surface area contributed by atoms with E-state index in [0.29, 0.717) is 37.2 Å². The Morgan fingerprint density at radius 2 is 1.74 bits per heavy atom. The molecule has 0 amide bonds. The standard InChI is InChI=1S/C28H37N3O4/c1-20(2)34-19-24(32)17-30(16-22-10-11-22)18-27-21(3)29-31(23-8-6-5-7-9-23)28(27)35-26-14-12-25(33-4)13-15-26/h5-9,12-15,20,22,24,32H,10-11,16-19H2,1-4H3. The predicted molar refractivity (Wildman–Crippen MR) is 136 cm³/mol. The number of methoxy groups -OCH3 is 1. The van der Waals surface area contributed by atoms with Crippen LogP contribution in [-0.4, -0.2) is 58.8 Å². The lowest BCUT2D eigenvalue weighted by atomic mass is 10.2. The summed E-state index contributed by atoms with van der Waals surface area (Å²) in [5.41, 5.74) is 2.86. The van der Waals surface area contributed by atoms with Crippen LogP contribution in [0.2, 0.25) is 0 Å². The van der Waals surface area contributed by atoms with Crippen molar-refractivity contribution in [3.05, 3.63) is 65.9 Å². The lowest BCUT2D eigenvalue weighted by Crippen LogP contribution is -2.36. The van der Waals surface area contributed by atoms with Crippen LogP contribution in [0.15, 0.2) is 54.6 Å². The molecule has 2 aromatic carbocycles. The molecule has 1 fully saturated rings. The Kier molecular flexibility index (Phi) is 8.44. The fraction of sp³-hybridized carbons (Fsp3) is 0.464. The van der Waals surface area contributed by atoms with Crippen LogP contribution in [-0.2, 0) is 11.3 Å². The highest BCUT2D eigenvalue weighted by Gasteiger charge is 2.28. The highest BCUT2D eigenvalue weighted by atomic mass is 16.5. The minimum absolute atomic E-state index is 0.0948. The maximum absolute atomic E-state index is 10.7. The summed E-state index contributed by atoms with van der Waals surface area (Å²) >= 11 is 0. The van der Waals surface area contributed by atoms with Crippen molar-refractivity contribution in [2.45, 2.75) is 52.4 Å². The van der Waals surface area contributed by atoms with Gasteiger partial charge in [0.2, 0.25) is 5.88 Å². The summed E-state index contributed by atoms with van der Waals surface area (Å²) in [7, 11) is 1.65. The van der Waals surface area contributed by atoms with Crippen molar-refractivity contribution < 1.29 is 19.3 Å². The van der Waals surface area contributed by atoms with Gasteiger partial charge in [0.25, 0.3) is 0 Å². The molecule has 0 bridgehead atoms. The highest BCUT2D eigenvalue weighted by Crippen LogP contribution is 2.34. The van der Waals surface area contributed by atoms with Crippen molar-refractivity contribution in [2.24, 2.45) is 5.92 Å². The van der Waals surface area contributed by atoms with Gasteiger partial charge >= 0.3 is 0 Å². The Morgan fingerprint density at radius 1 is 1.06 bits per heavy atom. The molecule has 1 heterocycles. The molecule has 0 saturated heterocycles. The van der Waals surface area contributed by atoms with Crippen molar-refractivity contribution in [2.75, 3.05) is 26.8 Å². The maximum Gasteiger partial charge on any atom is 0.227 e. The van der Waals surface area contributed by atoms with Gasteiger partial charge in [0.15, 0.2) is 0 Å². The number of para-hydroxylation sites is 1. The number of aliphatic hydroxyl groups is 1. The van der Waals surface area contributed by atoms with E-state index in [1.54, 1.807) is 7.11 Å². The zero-order chi connectivity index (χ0) is 24.8. The third-order valence-electron chi connectivity index (χ3n) is 6.10. The monoisotopic (exact) mass is 479 g/mol. The Morgan fingerprint density at radius 3 is 2.37 bits per heavy atom. The Hall–Kier alpha value is -2.87. The van der Waals surface area contributed by atoms with Crippen molar-refractivity contribution in [1.82, 2.24) is 14.7 Å². The number of aliphatic hydroxyl groups excluding tert-OH is 1. The molecule has 1 unspecified atom stereocenters. The van der Waals surface area contributed by atoms with Crippen molar-refractivity contribution in [3.8, 4) is 23.1 Å². The van der Waals surface area contributed by atoms with E-state index in [1.807, 2.05) is 80.1 Å². The van der Waals surface area contributed by atoms with Crippen LogP contribution in [0, 0.1) is 12.8 Å². The molecule has 0 aliphatic heterocycles. The van der Waals surface area contributed by atoms with E-state index in [9.17, 15) is 5.11 Å². The number of nitrogens with zero attached hydrogens (tertiary/aromatic N) is 3. The normalized spacial score (nSPS) is 14.5. The number of hydrogen-bond acceptors (Lipinski definition) is 6. The fourth-order valence-electron chi connectivity index (χ4n) is 4.07. The summed E-state index contributed by atoms with van der Waals surface area (Å²) in [6.07, 6.45) is 2.03. The number of rotatable bonds is 13. The number of aryl methyl sites for hydroxylation is 1. The average molecular weight is 480 g/mol. The van der Waals surface area contributed by atoms with Crippen LogP contribution in [0.3, 0.4) is 0 Å². The molecule has 35 heavy (non-hydrogen) atoms. The Bertz CT molecular complexity index is 1060. The molecule has 1 aromatic heterocycles. The van der Waals surface area contributed by atoms with E-state index in [1.165, 1.54) is 12.8 Å². The maximum atomic E-state index is 10.7. The van der Waals surface area contributed by atoms with Crippen molar-refractivity contribution >= 4 is 0 Å². The molecule has 1 N–H and O–H groups in total. The number of benzene rings is 2. The van der Waals surface area contributed by atoms with Gasteiger partial charge in [-0.3, -0.25) is 4.90 Å². The summed E-state index contributed by atoms with van der Waals surface area (Å²) in [5.74, 6) is 2.86. The first-order chi connectivity index (χ1) is 16.9. The van der Waals surface area contributed by atoms with Crippen LogP contribution in [0.5, 0.6) is 17.4 Å². The number of hydrogen-bond donors (Lipinski definition) is 1. The van der Waals surface area contributed by atoms with Gasteiger partial charge in [-0.1, -0.05) is 18.2 Å². The third kappa shape index (κ3) is 7.07. The Labute approximate surface area is 208 Å². The minimum Gasteiger partial charge on any atom is -0.497 e. The molecule has 7 nitrogen and oxygen atoms in total. The van der Waals surface area contributed by atoms with E-state index in [0.717, 1.165) is 29.2 Å². The van der Waals surface area contributed by atoms with Gasteiger partial charge in [-0.05, 0) is 75.9 Å². The second-order valence-electron chi connectivity index (χ2n) is 9.57. The molecule has 1 atom stereocenters. The minimum atomic E-state index is -0.549. The van der Waals surface area contributed by atoms with E-state index in [-0.39, 0.29) is 6.10 Å². The lowest BCUT2D eigenvalue weighted by molar-refractivity contribution is -0.0101. The zero-order valence-electron chi connectivity index (χ0n) is 21.2. The van der Waals surface area contributed by atoms with Gasteiger partial charge in [0.05, 0.1) is 42.9 Å². The third-order valence-corrected chi connectivity index (χ3v) is 6.10. The van der Waals surface area contributed by atoms with Crippen LogP contribution < -0.4 is 9.47 Å². The molecule has 1 aliphatic carbocycles. The second-order valence-corrected chi connectivity index (χ2v) is 9.57. The molecular weight excluding hydrogens is 442 g/mol. The Balaban J connectivity index is 1.62. The van der Waals surface area contributed by atoms with E-state index in [2.05, 4.69) is 4.90 Å². The molecule has 188 valence electrons. The van der Waals surface area contributed by atoms with Gasteiger partial charge in [-0.25, -0.2) is 4.68 Å². The molecule has 4 rings (SSSR count). The first-order valence-electron chi connectivity index (χ1n) is 12.4. The second kappa shape index (κ2) is 11.7. The van der Waals surface area contributed by atoms with Gasteiger partial charge in [0.1, 0.15) is 11.5 Å². The van der Waals surface area contributed by atoms with E-state index in [4.69, 9.17) is 19.3 Å². The van der Waals surface area contributed by atoms with E-state index >= 15 is 0 Å². The first kappa shape index (κ1) is 25.2. The van der Waals surface area contributed by atoms with Crippen LogP contribution in [0.25, 0.3) is 5.69 Å². The van der Waals surface area contributed by atoms with Crippen LogP contribution >= 0.6 is 0 Å². The summed E-state index contributed by atoms with van der Waals surface area (Å²) in [6, 6.07) is 17.6. The number of aromatic nitrogens is 2. The summed E-state index contributed by atoms with van der Waals surface area (Å²) in [5, 5.41) is 15.5. The molecule has 1 aliphatic rings. The summed E-state index contributed by atoms with van der Waals surface area (Å²) in [4.78, 5) is 2.31. The van der Waals surface area contributed by atoms with Crippen molar-refractivity contribution in [1.29, 1.82) is 0 Å². The van der Waals surface area contributed by atoms with Crippen LogP contribution in [0.1, 0.15) is 37.9 Å². The topological polar surface area (TPSA) is 69.0 Å². The van der Waals surface area contributed by atoms with E-state index < -0.39 is 6.10 Å². The van der Waals surface area contributed by atoms with Gasteiger partial charge in [0, 0.05) is 19.6 Å². The molecule has 3 aromatic rings. The quantitative estimate of drug-likeness (QED) is 0.373. The highest BCUT2D eigenvalue weighted by molar-refractivity contribution is 5.44. The number of ether oxygens (including phenoxy) is 3.